The van der Waals surface area contributed by atoms with Gasteiger partial charge in [0.15, 0.2) is 0 Å². The van der Waals surface area contributed by atoms with E-state index in [1.54, 1.807) is 6.07 Å². The van der Waals surface area contributed by atoms with Crippen LogP contribution in [0.3, 0.4) is 0 Å². The molecule has 1 aliphatic rings. The summed E-state index contributed by atoms with van der Waals surface area (Å²) in [7, 11) is 0. The van der Waals surface area contributed by atoms with Crippen LogP contribution in [0.25, 0.3) is 11.0 Å². The van der Waals surface area contributed by atoms with Gasteiger partial charge in [0.25, 0.3) is 0 Å². The van der Waals surface area contributed by atoms with Gasteiger partial charge in [-0.1, -0.05) is 6.08 Å². The van der Waals surface area contributed by atoms with E-state index in [1.165, 1.54) is 18.2 Å². The van der Waals surface area contributed by atoms with Crippen molar-refractivity contribution in [2.24, 2.45) is 5.92 Å². The summed E-state index contributed by atoms with van der Waals surface area (Å²) in [5.41, 5.74) is 1.19. The number of imidazole rings is 1. The van der Waals surface area contributed by atoms with Crippen LogP contribution >= 0.6 is 0 Å². The van der Waals surface area contributed by atoms with Gasteiger partial charge in [-0.05, 0) is 43.0 Å². The Morgan fingerprint density at radius 1 is 1.50 bits per heavy atom. The Morgan fingerprint density at radius 2 is 2.33 bits per heavy atom. The summed E-state index contributed by atoms with van der Waals surface area (Å²) in [6.07, 6.45) is 5.74. The average Bonchev–Trinajstić information content (AvgIpc) is 3.07. The zero-order valence-corrected chi connectivity index (χ0v) is 9.61. The summed E-state index contributed by atoms with van der Waals surface area (Å²) in [5, 5.41) is 2.62. The molecule has 0 aliphatic heterocycles. The second-order valence-electron chi connectivity index (χ2n) is 4.43. The second kappa shape index (κ2) is 4.25. The highest BCUT2D eigenvalue weighted by atomic mass is 19.1. The predicted molar refractivity (Wildman–Crippen MR) is 66.5 cm³/mol. The van der Waals surface area contributed by atoms with E-state index in [4.69, 9.17) is 0 Å². The molecule has 0 atom stereocenters. The van der Waals surface area contributed by atoms with Crippen LogP contribution in [0.5, 0.6) is 0 Å². The number of anilines is 1. The monoisotopic (exact) mass is 245 g/mol. The first kappa shape index (κ1) is 11.0. The molecule has 0 bridgehead atoms. The number of hydrogen-bond acceptors (Lipinski definition) is 2. The third kappa shape index (κ3) is 2.40. The highest BCUT2D eigenvalue weighted by molar-refractivity contribution is 5.99. The number of nitrogens with one attached hydrogen (secondary N) is 2. The molecular weight excluding hydrogens is 233 g/mol. The Hall–Kier alpha value is -2.17. The van der Waals surface area contributed by atoms with E-state index in [1.807, 2.05) is 6.08 Å². The fourth-order valence-electron chi connectivity index (χ4n) is 1.71. The molecule has 0 radical (unpaired) electrons. The number of aromatic nitrogens is 2. The van der Waals surface area contributed by atoms with Gasteiger partial charge in [-0.25, -0.2) is 9.37 Å². The van der Waals surface area contributed by atoms with Crippen molar-refractivity contribution >= 4 is 22.9 Å². The van der Waals surface area contributed by atoms with E-state index in [-0.39, 0.29) is 11.7 Å². The fraction of sp³-hybridized carbons (Fsp3) is 0.231. The van der Waals surface area contributed by atoms with Crippen molar-refractivity contribution in [3.05, 3.63) is 36.2 Å². The van der Waals surface area contributed by atoms with Crippen molar-refractivity contribution in [3.63, 3.8) is 0 Å². The van der Waals surface area contributed by atoms with Gasteiger partial charge in [-0.15, -0.1) is 0 Å². The minimum atomic E-state index is -0.336. The van der Waals surface area contributed by atoms with Crippen LogP contribution in [0.2, 0.25) is 0 Å². The maximum atomic E-state index is 13.0. The topological polar surface area (TPSA) is 57.8 Å². The normalized spacial score (nSPS) is 15.4. The first-order valence-corrected chi connectivity index (χ1v) is 5.85. The lowest BCUT2D eigenvalue weighted by Crippen LogP contribution is -2.09. The zero-order valence-electron chi connectivity index (χ0n) is 9.61. The van der Waals surface area contributed by atoms with E-state index in [9.17, 15) is 9.18 Å². The highest BCUT2D eigenvalue weighted by Crippen LogP contribution is 2.29. The molecule has 0 unspecified atom stereocenters. The number of rotatable bonds is 3. The van der Waals surface area contributed by atoms with Crippen molar-refractivity contribution in [2.75, 3.05) is 5.32 Å². The average molecular weight is 245 g/mol. The summed E-state index contributed by atoms with van der Waals surface area (Å²) in [5.74, 6) is 0.334. The molecule has 1 aliphatic carbocycles. The van der Waals surface area contributed by atoms with Crippen LogP contribution in [0.1, 0.15) is 12.8 Å². The molecule has 1 amide bonds. The molecule has 1 aromatic heterocycles. The number of fused-ring (bicyclic) bond motifs is 1. The van der Waals surface area contributed by atoms with Crippen LogP contribution in [0.4, 0.5) is 10.3 Å². The van der Waals surface area contributed by atoms with Crippen LogP contribution in [-0.2, 0) is 4.79 Å². The Bertz CT molecular complexity index is 628. The molecule has 2 N–H and O–H groups in total. The standard InChI is InChI=1S/C13H12FN3O/c14-9-4-5-10-11(7-9)16-13(15-10)17-12(18)6-3-8-1-2-8/h3-8H,1-2H2,(H2,15,16,17,18)/b6-3+. The summed E-state index contributed by atoms with van der Waals surface area (Å²) in [6.45, 7) is 0. The van der Waals surface area contributed by atoms with Crippen LogP contribution in [0.15, 0.2) is 30.4 Å². The zero-order chi connectivity index (χ0) is 12.5. The number of halogens is 1. The van der Waals surface area contributed by atoms with Crippen molar-refractivity contribution in [1.82, 2.24) is 9.97 Å². The third-order valence-corrected chi connectivity index (χ3v) is 2.83. The molecule has 1 aromatic carbocycles. The van der Waals surface area contributed by atoms with Gasteiger partial charge in [0, 0.05) is 0 Å². The van der Waals surface area contributed by atoms with Gasteiger partial charge >= 0.3 is 0 Å². The summed E-state index contributed by atoms with van der Waals surface area (Å²) >= 11 is 0. The number of H-pyrrole nitrogens is 1. The molecule has 1 saturated carbocycles. The Morgan fingerprint density at radius 3 is 3.11 bits per heavy atom. The highest BCUT2D eigenvalue weighted by Gasteiger charge is 2.17. The predicted octanol–water partition coefficient (Wildman–Crippen LogP) is 2.61. The van der Waals surface area contributed by atoms with E-state index < -0.39 is 0 Å². The van der Waals surface area contributed by atoms with Crippen molar-refractivity contribution in [3.8, 4) is 0 Å². The molecule has 3 rings (SSSR count). The van der Waals surface area contributed by atoms with E-state index >= 15 is 0 Å². The first-order chi connectivity index (χ1) is 8.70. The summed E-state index contributed by atoms with van der Waals surface area (Å²) in [4.78, 5) is 18.6. The lowest BCUT2D eigenvalue weighted by Gasteiger charge is -1.94. The quantitative estimate of drug-likeness (QED) is 0.816. The molecule has 18 heavy (non-hydrogen) atoms. The van der Waals surface area contributed by atoms with Crippen molar-refractivity contribution in [1.29, 1.82) is 0 Å². The molecule has 5 heteroatoms. The molecule has 0 saturated heterocycles. The number of allylic oxidation sites excluding steroid dienone is 1. The smallest absolute Gasteiger partial charge is 0.250 e. The minimum Gasteiger partial charge on any atom is -0.324 e. The molecule has 1 fully saturated rings. The minimum absolute atomic E-state index is 0.221. The Kier molecular flexibility index (Phi) is 2.59. The molecule has 0 spiro atoms. The van der Waals surface area contributed by atoms with Gasteiger partial charge in [0.05, 0.1) is 11.0 Å². The third-order valence-electron chi connectivity index (χ3n) is 2.83. The molecule has 2 aromatic rings. The second-order valence-corrected chi connectivity index (χ2v) is 4.43. The number of amides is 1. The number of nitrogens with zero attached hydrogens (tertiary/aromatic N) is 1. The van der Waals surface area contributed by atoms with E-state index in [0.29, 0.717) is 22.9 Å². The lowest BCUT2D eigenvalue weighted by molar-refractivity contribution is -0.112. The molecule has 4 nitrogen and oxygen atoms in total. The SMILES string of the molecule is O=C(/C=C/C1CC1)Nc1nc2ccc(F)cc2[nH]1. The summed E-state index contributed by atoms with van der Waals surface area (Å²) < 4.78 is 13.0. The van der Waals surface area contributed by atoms with Crippen LogP contribution in [0, 0.1) is 11.7 Å². The van der Waals surface area contributed by atoms with Crippen molar-refractivity contribution in [2.45, 2.75) is 12.8 Å². The number of hydrogen-bond donors (Lipinski definition) is 2. The first-order valence-electron chi connectivity index (χ1n) is 5.85. The van der Waals surface area contributed by atoms with Gasteiger partial charge in [-0.2, -0.15) is 0 Å². The number of benzene rings is 1. The Balaban J connectivity index is 1.75. The number of carbonyl (C=O) groups is 1. The largest absolute Gasteiger partial charge is 0.324 e. The Labute approximate surface area is 103 Å². The number of carbonyl (C=O) groups excluding carboxylic acids is 1. The van der Waals surface area contributed by atoms with Gasteiger partial charge in [-0.3, -0.25) is 10.1 Å². The lowest BCUT2D eigenvalue weighted by atomic mass is 10.3. The number of aromatic amines is 1. The van der Waals surface area contributed by atoms with E-state index in [0.717, 1.165) is 12.8 Å². The fourth-order valence-corrected chi connectivity index (χ4v) is 1.71. The van der Waals surface area contributed by atoms with Gasteiger partial charge in [0.1, 0.15) is 5.82 Å². The summed E-state index contributed by atoms with van der Waals surface area (Å²) in [6, 6.07) is 4.25. The maximum Gasteiger partial charge on any atom is 0.250 e. The van der Waals surface area contributed by atoms with Gasteiger partial charge < -0.3 is 4.98 Å². The molecule has 1 heterocycles. The van der Waals surface area contributed by atoms with Crippen molar-refractivity contribution < 1.29 is 9.18 Å². The van der Waals surface area contributed by atoms with Gasteiger partial charge in [0.2, 0.25) is 11.9 Å². The maximum absolute atomic E-state index is 13.0. The van der Waals surface area contributed by atoms with Crippen LogP contribution in [-0.4, -0.2) is 15.9 Å². The van der Waals surface area contributed by atoms with Crippen LogP contribution < -0.4 is 5.32 Å². The molecule has 92 valence electrons. The molecular formula is C13H12FN3O. The van der Waals surface area contributed by atoms with E-state index in [2.05, 4.69) is 15.3 Å².